The second-order valence-electron chi connectivity index (χ2n) is 5.25. The number of aryl methyl sites for hydroxylation is 1. The SMILES string of the molecule is COC(=O)c1c(-c2ccccc2Cl)csc1NC(=O)CSc1nnc(C)s1. The summed E-state index contributed by atoms with van der Waals surface area (Å²) in [6, 6.07) is 7.20. The molecule has 0 aliphatic heterocycles. The fourth-order valence-electron chi connectivity index (χ4n) is 2.26. The standard InChI is InChI=1S/C17H14ClN3O3S3/c1-9-20-21-17(27-9)26-8-13(22)19-15-14(16(23)24-2)11(7-25-15)10-5-3-4-6-12(10)18/h3-7H,8H2,1-2H3,(H,19,22). The Hall–Kier alpha value is -1.94. The smallest absolute Gasteiger partial charge is 0.341 e. The third kappa shape index (κ3) is 4.67. The normalized spacial score (nSPS) is 10.6. The molecule has 3 rings (SSSR count). The zero-order valence-corrected chi connectivity index (χ0v) is 17.5. The van der Waals surface area contributed by atoms with Crippen LogP contribution < -0.4 is 5.32 Å². The number of thioether (sulfide) groups is 1. The van der Waals surface area contributed by atoms with E-state index in [1.54, 1.807) is 11.4 Å². The van der Waals surface area contributed by atoms with Crippen LogP contribution >= 0.6 is 46.0 Å². The fraction of sp³-hybridized carbons (Fsp3) is 0.176. The number of ether oxygens (including phenoxy) is 1. The van der Waals surface area contributed by atoms with Gasteiger partial charge in [-0.1, -0.05) is 52.9 Å². The Labute approximate surface area is 172 Å². The number of carbonyl (C=O) groups excluding carboxylic acids is 2. The van der Waals surface area contributed by atoms with Crippen LogP contribution in [0.2, 0.25) is 5.02 Å². The Morgan fingerprint density at radius 1 is 1.26 bits per heavy atom. The molecule has 0 bridgehead atoms. The molecule has 0 aliphatic rings. The van der Waals surface area contributed by atoms with Gasteiger partial charge in [-0.15, -0.1) is 21.5 Å². The number of rotatable bonds is 6. The third-order valence-electron chi connectivity index (χ3n) is 3.43. The van der Waals surface area contributed by atoms with Crippen molar-refractivity contribution in [1.82, 2.24) is 10.2 Å². The quantitative estimate of drug-likeness (QED) is 0.441. The second-order valence-corrected chi connectivity index (χ2v) is 8.94. The van der Waals surface area contributed by atoms with Crippen LogP contribution in [0.3, 0.4) is 0 Å². The van der Waals surface area contributed by atoms with Crippen molar-refractivity contribution < 1.29 is 14.3 Å². The number of nitrogens with one attached hydrogen (secondary N) is 1. The lowest BCUT2D eigenvalue weighted by atomic mass is 10.0. The van der Waals surface area contributed by atoms with Crippen LogP contribution in [0.4, 0.5) is 5.00 Å². The first-order valence-corrected chi connectivity index (χ1v) is 10.7. The van der Waals surface area contributed by atoms with E-state index < -0.39 is 5.97 Å². The first-order valence-electron chi connectivity index (χ1n) is 7.67. The molecule has 1 N–H and O–H groups in total. The van der Waals surface area contributed by atoms with Crippen molar-refractivity contribution in [1.29, 1.82) is 0 Å². The lowest BCUT2D eigenvalue weighted by Gasteiger charge is -2.08. The maximum absolute atomic E-state index is 12.3. The van der Waals surface area contributed by atoms with Gasteiger partial charge in [-0.05, 0) is 13.0 Å². The molecule has 0 saturated carbocycles. The zero-order valence-electron chi connectivity index (χ0n) is 14.3. The summed E-state index contributed by atoms with van der Waals surface area (Å²) in [7, 11) is 1.30. The molecule has 140 valence electrons. The van der Waals surface area contributed by atoms with Crippen LogP contribution in [-0.4, -0.2) is 34.9 Å². The summed E-state index contributed by atoms with van der Waals surface area (Å²) in [4.78, 5) is 24.7. The average Bonchev–Trinajstić information content (AvgIpc) is 3.26. The van der Waals surface area contributed by atoms with Gasteiger partial charge in [-0.25, -0.2) is 4.79 Å². The number of aromatic nitrogens is 2. The van der Waals surface area contributed by atoms with Crippen LogP contribution in [0.25, 0.3) is 11.1 Å². The summed E-state index contributed by atoms with van der Waals surface area (Å²) in [6.07, 6.45) is 0. The fourth-order valence-corrected chi connectivity index (χ4v) is 5.08. The van der Waals surface area contributed by atoms with Crippen molar-refractivity contribution in [2.24, 2.45) is 0 Å². The Kier molecular flexibility index (Phi) is 6.48. The largest absolute Gasteiger partial charge is 0.465 e. The van der Waals surface area contributed by atoms with Crippen molar-refractivity contribution in [3.8, 4) is 11.1 Å². The topological polar surface area (TPSA) is 81.2 Å². The Morgan fingerprint density at radius 2 is 2.04 bits per heavy atom. The van der Waals surface area contributed by atoms with Gasteiger partial charge in [0.15, 0.2) is 4.34 Å². The Balaban J connectivity index is 1.82. The van der Waals surface area contributed by atoms with Gasteiger partial charge in [0.1, 0.15) is 15.6 Å². The van der Waals surface area contributed by atoms with Crippen molar-refractivity contribution in [3.05, 3.63) is 45.2 Å². The number of halogens is 1. The molecule has 1 amide bonds. The number of carbonyl (C=O) groups is 2. The summed E-state index contributed by atoms with van der Waals surface area (Å²) < 4.78 is 5.62. The molecular formula is C17H14ClN3O3S3. The summed E-state index contributed by atoms with van der Waals surface area (Å²) >= 11 is 10.2. The summed E-state index contributed by atoms with van der Waals surface area (Å²) in [6.45, 7) is 1.85. The minimum Gasteiger partial charge on any atom is -0.465 e. The van der Waals surface area contributed by atoms with Gasteiger partial charge in [0.05, 0.1) is 12.9 Å². The van der Waals surface area contributed by atoms with Gasteiger partial charge >= 0.3 is 5.97 Å². The highest BCUT2D eigenvalue weighted by molar-refractivity contribution is 8.01. The van der Waals surface area contributed by atoms with Crippen molar-refractivity contribution >= 4 is 62.9 Å². The summed E-state index contributed by atoms with van der Waals surface area (Å²) in [5, 5.41) is 14.2. The Bertz CT molecular complexity index is 987. The molecule has 10 heteroatoms. The number of amides is 1. The third-order valence-corrected chi connectivity index (χ3v) is 6.63. The van der Waals surface area contributed by atoms with Crippen LogP contribution in [0.5, 0.6) is 0 Å². The molecule has 0 unspecified atom stereocenters. The van der Waals surface area contributed by atoms with Gasteiger partial charge in [-0.3, -0.25) is 4.79 Å². The predicted molar refractivity (Wildman–Crippen MR) is 110 cm³/mol. The number of nitrogens with zero attached hydrogens (tertiary/aromatic N) is 2. The lowest BCUT2D eigenvalue weighted by Crippen LogP contribution is -2.16. The second kappa shape index (κ2) is 8.83. The number of anilines is 1. The van der Waals surface area contributed by atoms with Crippen molar-refractivity contribution in [3.63, 3.8) is 0 Å². The molecule has 0 spiro atoms. The van der Waals surface area contributed by atoms with E-state index in [9.17, 15) is 9.59 Å². The minimum absolute atomic E-state index is 0.161. The minimum atomic E-state index is -0.533. The van der Waals surface area contributed by atoms with Crippen molar-refractivity contribution in [2.75, 3.05) is 18.2 Å². The number of methoxy groups -OCH3 is 1. The molecular weight excluding hydrogens is 426 g/mol. The molecule has 0 radical (unpaired) electrons. The van der Waals surface area contributed by atoms with Gasteiger partial charge in [0.2, 0.25) is 5.91 Å². The Morgan fingerprint density at radius 3 is 2.70 bits per heavy atom. The first kappa shape index (κ1) is 19.8. The highest BCUT2D eigenvalue weighted by Gasteiger charge is 2.23. The maximum atomic E-state index is 12.3. The van der Waals surface area contributed by atoms with Crippen molar-refractivity contribution in [2.45, 2.75) is 11.3 Å². The zero-order chi connectivity index (χ0) is 19.4. The molecule has 0 fully saturated rings. The van der Waals surface area contributed by atoms with Gasteiger partial charge in [-0.2, -0.15) is 0 Å². The molecule has 0 saturated heterocycles. The van der Waals surface area contributed by atoms with E-state index in [4.69, 9.17) is 16.3 Å². The van der Waals surface area contributed by atoms with E-state index in [-0.39, 0.29) is 11.7 Å². The highest BCUT2D eigenvalue weighted by atomic mass is 35.5. The van der Waals surface area contributed by atoms with Crippen LogP contribution in [-0.2, 0) is 9.53 Å². The first-order chi connectivity index (χ1) is 13.0. The van der Waals surface area contributed by atoms with Crippen LogP contribution in [0.1, 0.15) is 15.4 Å². The number of esters is 1. The van der Waals surface area contributed by atoms with Crippen LogP contribution in [0, 0.1) is 6.92 Å². The van der Waals surface area contributed by atoms with E-state index in [1.165, 1.54) is 41.5 Å². The average molecular weight is 440 g/mol. The predicted octanol–water partition coefficient (Wildman–Crippen LogP) is 4.75. The van der Waals surface area contributed by atoms with Gasteiger partial charge < -0.3 is 10.1 Å². The highest BCUT2D eigenvalue weighted by Crippen LogP contribution is 2.39. The molecule has 6 nitrogen and oxygen atoms in total. The van der Waals surface area contributed by atoms with Gasteiger partial charge in [0.25, 0.3) is 0 Å². The van der Waals surface area contributed by atoms with E-state index in [0.717, 1.165) is 9.35 Å². The summed E-state index contributed by atoms with van der Waals surface area (Å²) in [5.74, 6) is -0.617. The summed E-state index contributed by atoms with van der Waals surface area (Å²) in [5.41, 5.74) is 1.62. The molecule has 27 heavy (non-hydrogen) atoms. The van der Waals surface area contributed by atoms with E-state index in [2.05, 4.69) is 15.5 Å². The number of benzene rings is 1. The maximum Gasteiger partial charge on any atom is 0.341 e. The molecule has 2 aromatic heterocycles. The molecule has 2 heterocycles. The van der Waals surface area contributed by atoms with Gasteiger partial charge in [0, 0.05) is 21.5 Å². The number of thiophene rings is 1. The van der Waals surface area contributed by atoms with E-state index in [0.29, 0.717) is 26.7 Å². The van der Waals surface area contributed by atoms with E-state index >= 15 is 0 Å². The lowest BCUT2D eigenvalue weighted by molar-refractivity contribution is -0.113. The van der Waals surface area contributed by atoms with Crippen LogP contribution in [0.15, 0.2) is 34.0 Å². The monoisotopic (exact) mass is 439 g/mol. The van der Waals surface area contributed by atoms with E-state index in [1.807, 2.05) is 25.1 Å². The molecule has 0 atom stereocenters. The number of hydrogen-bond donors (Lipinski definition) is 1. The molecule has 3 aromatic rings. The molecule has 0 aliphatic carbocycles. The number of hydrogen-bond acceptors (Lipinski definition) is 8. The molecule has 1 aromatic carbocycles.